The van der Waals surface area contributed by atoms with Crippen LogP contribution in [0.15, 0.2) is 18.2 Å². The number of pyridine rings is 1. The van der Waals surface area contributed by atoms with Crippen LogP contribution < -0.4 is 10.2 Å². The van der Waals surface area contributed by atoms with E-state index in [1.165, 1.54) is 0 Å². The van der Waals surface area contributed by atoms with Gasteiger partial charge in [-0.3, -0.25) is 9.59 Å². The molecule has 2 amide bonds. The fourth-order valence-corrected chi connectivity index (χ4v) is 7.24. The van der Waals surface area contributed by atoms with Crippen LogP contribution in [-0.4, -0.2) is 64.1 Å². The lowest BCUT2D eigenvalue weighted by Crippen LogP contribution is -2.61. The summed E-state index contributed by atoms with van der Waals surface area (Å²) in [5, 5.41) is 14.1. The van der Waals surface area contributed by atoms with Gasteiger partial charge in [0, 0.05) is 37.6 Å². The summed E-state index contributed by atoms with van der Waals surface area (Å²) >= 11 is 0. The Labute approximate surface area is 189 Å². The SMILES string of the molecule is C[C@@H]1CN(C(=O)C2CC2)CCN1c1cccc(C(=O)N[C@H]2C3CC4CC2C[C@](O)(C4)C3)n1. The highest BCUT2D eigenvalue weighted by Gasteiger charge is 2.55. The van der Waals surface area contributed by atoms with Crippen molar-refractivity contribution in [2.75, 3.05) is 24.5 Å². The number of carbonyl (C=O) groups is 2. The van der Waals surface area contributed by atoms with E-state index in [9.17, 15) is 14.7 Å². The molecule has 3 atom stereocenters. The number of aliphatic hydroxyl groups is 1. The Morgan fingerprint density at radius 1 is 1.12 bits per heavy atom. The first-order valence-electron chi connectivity index (χ1n) is 12.4. The van der Waals surface area contributed by atoms with Crippen LogP contribution in [0.5, 0.6) is 0 Å². The number of nitrogens with zero attached hydrogens (tertiary/aromatic N) is 3. The Morgan fingerprint density at radius 3 is 2.53 bits per heavy atom. The van der Waals surface area contributed by atoms with Crippen molar-refractivity contribution in [3.05, 3.63) is 23.9 Å². The Hall–Kier alpha value is -2.15. The molecule has 2 N–H and O–H groups in total. The Bertz CT molecular complexity index is 916. The average molecular weight is 439 g/mol. The molecule has 2 unspecified atom stereocenters. The predicted molar refractivity (Wildman–Crippen MR) is 120 cm³/mol. The van der Waals surface area contributed by atoms with Gasteiger partial charge in [-0.25, -0.2) is 4.98 Å². The molecule has 6 fully saturated rings. The van der Waals surface area contributed by atoms with E-state index in [1.54, 1.807) is 6.07 Å². The van der Waals surface area contributed by atoms with Crippen molar-refractivity contribution in [3.63, 3.8) is 0 Å². The summed E-state index contributed by atoms with van der Waals surface area (Å²) < 4.78 is 0. The highest BCUT2D eigenvalue weighted by atomic mass is 16.3. The van der Waals surface area contributed by atoms with Crippen LogP contribution in [0.1, 0.15) is 62.4 Å². The summed E-state index contributed by atoms with van der Waals surface area (Å²) in [5.74, 6) is 2.65. The van der Waals surface area contributed by atoms with Crippen molar-refractivity contribution >= 4 is 17.6 Å². The highest BCUT2D eigenvalue weighted by Crippen LogP contribution is 2.55. The minimum Gasteiger partial charge on any atom is -0.390 e. The Kier molecular flexibility index (Phi) is 4.75. The molecule has 1 aromatic rings. The van der Waals surface area contributed by atoms with E-state index < -0.39 is 5.60 Å². The molecule has 7 heteroatoms. The van der Waals surface area contributed by atoms with Crippen LogP contribution in [0.25, 0.3) is 0 Å². The fraction of sp³-hybridized carbons (Fsp3) is 0.720. The second-order valence-corrected chi connectivity index (χ2v) is 11.2. The molecule has 172 valence electrons. The molecular formula is C25H34N4O3. The summed E-state index contributed by atoms with van der Waals surface area (Å²) in [6.07, 6.45) is 6.91. The molecule has 0 spiro atoms. The van der Waals surface area contributed by atoms with E-state index in [2.05, 4.69) is 17.1 Å². The number of amides is 2. The third-order valence-corrected chi connectivity index (χ3v) is 8.67. The monoisotopic (exact) mass is 438 g/mol. The maximum atomic E-state index is 13.1. The third kappa shape index (κ3) is 3.58. The van der Waals surface area contributed by atoms with Gasteiger partial charge in [0.25, 0.3) is 5.91 Å². The number of hydrogen-bond acceptors (Lipinski definition) is 5. The number of rotatable bonds is 4. The number of anilines is 1. The first kappa shape index (κ1) is 20.5. The van der Waals surface area contributed by atoms with Gasteiger partial charge in [0.15, 0.2) is 0 Å². The molecule has 4 bridgehead atoms. The molecule has 5 aliphatic carbocycles. The lowest BCUT2D eigenvalue weighted by Gasteiger charge is -2.58. The molecule has 7 nitrogen and oxygen atoms in total. The lowest BCUT2D eigenvalue weighted by molar-refractivity contribution is -0.137. The summed E-state index contributed by atoms with van der Waals surface area (Å²) in [6.45, 7) is 4.29. The third-order valence-electron chi connectivity index (χ3n) is 8.67. The zero-order chi connectivity index (χ0) is 22.0. The number of nitrogens with one attached hydrogen (secondary N) is 1. The molecule has 7 rings (SSSR count). The summed E-state index contributed by atoms with van der Waals surface area (Å²) in [7, 11) is 0. The standard InChI is InChI=1S/C25H34N4O3/c1-15-14-28(24(31)17-5-6-17)7-8-29(15)21-4-2-3-20(26-21)23(30)27-22-18-9-16-10-19(22)13-25(32,11-16)12-18/h2-4,15-19,22,32H,5-14H2,1H3,(H,27,30)/t15-,16?,18?,19?,22-,25-/m1/s1. The normalized spacial score (nSPS) is 38.1. The number of piperazine rings is 1. The highest BCUT2D eigenvalue weighted by molar-refractivity contribution is 5.93. The van der Waals surface area contributed by atoms with Crippen molar-refractivity contribution in [1.82, 2.24) is 15.2 Å². The van der Waals surface area contributed by atoms with Crippen molar-refractivity contribution in [2.45, 2.75) is 69.6 Å². The summed E-state index contributed by atoms with van der Waals surface area (Å²) in [5.41, 5.74) is -0.0339. The number of aromatic nitrogens is 1. The smallest absolute Gasteiger partial charge is 0.270 e. The second kappa shape index (κ2) is 7.44. The van der Waals surface area contributed by atoms with E-state index in [4.69, 9.17) is 4.98 Å². The number of carbonyl (C=O) groups excluding carboxylic acids is 2. The topological polar surface area (TPSA) is 85.8 Å². The van der Waals surface area contributed by atoms with Crippen LogP contribution in [0, 0.1) is 23.7 Å². The second-order valence-electron chi connectivity index (χ2n) is 11.2. The van der Waals surface area contributed by atoms with Gasteiger partial charge >= 0.3 is 0 Å². The molecule has 1 saturated heterocycles. The quantitative estimate of drug-likeness (QED) is 0.753. The van der Waals surface area contributed by atoms with E-state index in [0.29, 0.717) is 42.4 Å². The average Bonchev–Trinajstić information content (AvgIpc) is 3.60. The molecule has 32 heavy (non-hydrogen) atoms. The van der Waals surface area contributed by atoms with Crippen LogP contribution in [0.3, 0.4) is 0 Å². The van der Waals surface area contributed by atoms with Gasteiger partial charge in [-0.05, 0) is 81.8 Å². The lowest BCUT2D eigenvalue weighted by atomic mass is 9.52. The van der Waals surface area contributed by atoms with Gasteiger partial charge in [-0.2, -0.15) is 0 Å². The summed E-state index contributed by atoms with van der Waals surface area (Å²) in [6, 6.07) is 5.98. The predicted octanol–water partition coefficient (Wildman–Crippen LogP) is 2.20. The molecular weight excluding hydrogens is 404 g/mol. The van der Waals surface area contributed by atoms with E-state index in [1.807, 2.05) is 17.0 Å². The molecule has 0 radical (unpaired) electrons. The van der Waals surface area contributed by atoms with Crippen LogP contribution >= 0.6 is 0 Å². The van der Waals surface area contributed by atoms with Crippen molar-refractivity contribution < 1.29 is 14.7 Å². The number of hydrogen-bond donors (Lipinski definition) is 2. The zero-order valence-corrected chi connectivity index (χ0v) is 18.9. The minimum absolute atomic E-state index is 0.105. The summed E-state index contributed by atoms with van der Waals surface area (Å²) in [4.78, 5) is 34.5. The first-order chi connectivity index (χ1) is 15.4. The minimum atomic E-state index is -0.491. The van der Waals surface area contributed by atoms with Gasteiger partial charge in [-0.15, -0.1) is 0 Å². The largest absolute Gasteiger partial charge is 0.390 e. The fourth-order valence-electron chi connectivity index (χ4n) is 7.24. The van der Waals surface area contributed by atoms with E-state index >= 15 is 0 Å². The molecule has 2 heterocycles. The maximum Gasteiger partial charge on any atom is 0.270 e. The van der Waals surface area contributed by atoms with Crippen LogP contribution in [-0.2, 0) is 4.79 Å². The van der Waals surface area contributed by atoms with Gasteiger partial charge in [0.05, 0.1) is 5.60 Å². The molecule has 0 aromatic carbocycles. The van der Waals surface area contributed by atoms with Crippen LogP contribution in [0.2, 0.25) is 0 Å². The van der Waals surface area contributed by atoms with E-state index in [0.717, 1.165) is 57.3 Å². The maximum absolute atomic E-state index is 13.1. The zero-order valence-electron chi connectivity index (χ0n) is 18.9. The Morgan fingerprint density at radius 2 is 1.88 bits per heavy atom. The van der Waals surface area contributed by atoms with Crippen molar-refractivity contribution in [1.29, 1.82) is 0 Å². The van der Waals surface area contributed by atoms with Crippen LogP contribution in [0.4, 0.5) is 5.82 Å². The molecule has 6 aliphatic rings. The molecule has 1 aliphatic heterocycles. The van der Waals surface area contributed by atoms with Gasteiger partial charge < -0.3 is 20.2 Å². The molecule has 5 saturated carbocycles. The molecule has 1 aromatic heterocycles. The van der Waals surface area contributed by atoms with Gasteiger partial charge in [-0.1, -0.05) is 6.07 Å². The Balaban J connectivity index is 1.13. The van der Waals surface area contributed by atoms with Gasteiger partial charge in [0.1, 0.15) is 11.5 Å². The van der Waals surface area contributed by atoms with Gasteiger partial charge in [0.2, 0.25) is 5.91 Å². The van der Waals surface area contributed by atoms with E-state index in [-0.39, 0.29) is 23.9 Å². The van der Waals surface area contributed by atoms with Crippen molar-refractivity contribution in [2.24, 2.45) is 23.7 Å². The first-order valence-corrected chi connectivity index (χ1v) is 12.4. The van der Waals surface area contributed by atoms with Crippen molar-refractivity contribution in [3.8, 4) is 0 Å².